The Kier molecular flexibility index (Phi) is 7.64. The number of amides is 2. The number of hydrogen-bond acceptors (Lipinski definition) is 5. The summed E-state index contributed by atoms with van der Waals surface area (Å²) in [5.41, 5.74) is 2.16. The number of ether oxygens (including phenoxy) is 1. The molecule has 7 heteroatoms. The predicted molar refractivity (Wildman–Crippen MR) is 124 cm³/mol. The molecule has 2 aromatic rings. The molecule has 0 radical (unpaired) electrons. The molecule has 7 nitrogen and oxygen atoms in total. The van der Waals surface area contributed by atoms with Gasteiger partial charge in [-0.25, -0.2) is 4.98 Å². The van der Waals surface area contributed by atoms with Gasteiger partial charge < -0.3 is 19.6 Å². The zero-order chi connectivity index (χ0) is 23.3. The van der Waals surface area contributed by atoms with Gasteiger partial charge in [-0.15, -0.1) is 0 Å². The Hall–Kier alpha value is -3.19. The van der Waals surface area contributed by atoms with E-state index in [1.54, 1.807) is 29.1 Å². The largest absolute Gasteiger partial charge is 0.472 e. The minimum Gasteiger partial charge on any atom is -0.472 e. The Labute approximate surface area is 189 Å². The molecule has 2 heterocycles. The first-order chi connectivity index (χ1) is 15.3. The molecule has 0 saturated carbocycles. The zero-order valence-corrected chi connectivity index (χ0v) is 19.1. The summed E-state index contributed by atoms with van der Waals surface area (Å²) in [5, 5.41) is 9.75. The van der Waals surface area contributed by atoms with Crippen LogP contribution in [0.3, 0.4) is 0 Å². The van der Waals surface area contributed by atoms with Crippen molar-refractivity contribution in [3.63, 3.8) is 0 Å². The van der Waals surface area contributed by atoms with E-state index in [0.717, 1.165) is 11.1 Å². The molecule has 0 saturated heterocycles. The zero-order valence-electron chi connectivity index (χ0n) is 19.1. The molecule has 0 bridgehead atoms. The maximum atomic E-state index is 13.4. The van der Waals surface area contributed by atoms with E-state index in [4.69, 9.17) is 4.74 Å². The molecule has 1 aromatic carbocycles. The van der Waals surface area contributed by atoms with Gasteiger partial charge in [-0.1, -0.05) is 49.4 Å². The van der Waals surface area contributed by atoms with Crippen molar-refractivity contribution >= 4 is 24.0 Å². The van der Waals surface area contributed by atoms with Gasteiger partial charge in [0, 0.05) is 32.6 Å². The van der Waals surface area contributed by atoms with Gasteiger partial charge in [0.1, 0.15) is 11.7 Å². The number of rotatable bonds is 6. The molecule has 2 amide bonds. The van der Waals surface area contributed by atoms with Gasteiger partial charge in [0.15, 0.2) is 0 Å². The maximum absolute atomic E-state index is 13.4. The van der Waals surface area contributed by atoms with Crippen molar-refractivity contribution in [1.29, 1.82) is 0 Å². The number of aliphatic hydroxyl groups excluding tert-OH is 1. The van der Waals surface area contributed by atoms with Crippen LogP contribution in [-0.2, 0) is 4.79 Å². The maximum Gasteiger partial charge on any atom is 0.259 e. The summed E-state index contributed by atoms with van der Waals surface area (Å²) in [5.74, 6) is -0.110. The molecule has 1 aliphatic heterocycles. The van der Waals surface area contributed by atoms with Gasteiger partial charge in [-0.05, 0) is 24.1 Å². The Balaban J connectivity index is 1.98. The third-order valence-electron chi connectivity index (χ3n) is 5.80. The van der Waals surface area contributed by atoms with Crippen LogP contribution in [-0.4, -0.2) is 70.6 Å². The minimum atomic E-state index is -0.356. The van der Waals surface area contributed by atoms with Crippen molar-refractivity contribution in [2.24, 2.45) is 5.92 Å². The van der Waals surface area contributed by atoms with Crippen LogP contribution in [0.25, 0.3) is 12.2 Å². The second kappa shape index (κ2) is 10.4. The van der Waals surface area contributed by atoms with Gasteiger partial charge in [0.25, 0.3) is 5.91 Å². The molecule has 0 spiro atoms. The average Bonchev–Trinajstić information content (AvgIpc) is 2.80. The molecule has 3 atom stereocenters. The fourth-order valence-corrected chi connectivity index (χ4v) is 3.58. The molecule has 1 aliphatic rings. The normalized spacial score (nSPS) is 19.7. The minimum absolute atomic E-state index is 0.0610. The fourth-order valence-electron chi connectivity index (χ4n) is 3.58. The molecule has 0 fully saturated rings. The quantitative estimate of drug-likeness (QED) is 0.751. The number of aromatic nitrogens is 1. The first kappa shape index (κ1) is 23.5. The monoisotopic (exact) mass is 437 g/mol. The number of likely N-dealkylation sites (N-methyl/N-ethyl adjacent to an activating group) is 1. The number of pyridine rings is 1. The molecular formula is C25H31N3O4. The summed E-state index contributed by atoms with van der Waals surface area (Å²) >= 11 is 0. The second-order valence-electron chi connectivity index (χ2n) is 8.39. The van der Waals surface area contributed by atoms with E-state index in [-0.39, 0.29) is 42.4 Å². The van der Waals surface area contributed by atoms with Crippen LogP contribution in [0.1, 0.15) is 42.3 Å². The molecule has 32 heavy (non-hydrogen) atoms. The lowest BCUT2D eigenvalue weighted by atomic mass is 9.99. The van der Waals surface area contributed by atoms with E-state index in [2.05, 4.69) is 4.98 Å². The second-order valence-corrected chi connectivity index (χ2v) is 8.39. The molecule has 170 valence electrons. The Morgan fingerprint density at radius 1 is 1.31 bits per heavy atom. The highest BCUT2D eigenvalue weighted by molar-refractivity contribution is 5.97. The third kappa shape index (κ3) is 5.53. The van der Waals surface area contributed by atoms with Crippen LogP contribution >= 0.6 is 0 Å². The molecule has 1 aromatic heterocycles. The summed E-state index contributed by atoms with van der Waals surface area (Å²) in [6.45, 7) is 5.94. The topological polar surface area (TPSA) is 83.0 Å². The number of carbonyl (C=O) groups is 2. The lowest BCUT2D eigenvalue weighted by Gasteiger charge is -2.37. The molecule has 0 aliphatic carbocycles. The van der Waals surface area contributed by atoms with Crippen LogP contribution in [0, 0.1) is 5.92 Å². The number of carbonyl (C=O) groups excluding carboxylic acids is 2. The first-order valence-corrected chi connectivity index (χ1v) is 10.8. The van der Waals surface area contributed by atoms with Crippen molar-refractivity contribution in [1.82, 2.24) is 14.8 Å². The summed E-state index contributed by atoms with van der Waals surface area (Å²) in [6, 6.07) is 11.3. The third-order valence-corrected chi connectivity index (χ3v) is 5.80. The fraction of sp³-hybridized carbons (Fsp3) is 0.400. The lowest BCUT2D eigenvalue weighted by molar-refractivity contribution is -0.129. The highest BCUT2D eigenvalue weighted by Gasteiger charge is 2.34. The lowest BCUT2D eigenvalue weighted by Crippen LogP contribution is -2.50. The summed E-state index contributed by atoms with van der Waals surface area (Å²) in [6.07, 6.45) is 5.18. The molecule has 0 unspecified atom stereocenters. The Morgan fingerprint density at radius 2 is 2.00 bits per heavy atom. The Bertz CT molecular complexity index is 976. The van der Waals surface area contributed by atoms with E-state index < -0.39 is 0 Å². The van der Waals surface area contributed by atoms with Gasteiger partial charge in [-0.2, -0.15) is 0 Å². The van der Waals surface area contributed by atoms with E-state index in [9.17, 15) is 14.7 Å². The van der Waals surface area contributed by atoms with Crippen molar-refractivity contribution in [2.45, 2.75) is 32.9 Å². The highest BCUT2D eigenvalue weighted by atomic mass is 16.5. The number of fused-ring (bicyclic) bond motifs is 1. The van der Waals surface area contributed by atoms with Crippen LogP contribution in [0.15, 0.2) is 42.6 Å². The predicted octanol–water partition coefficient (Wildman–Crippen LogP) is 2.95. The highest BCUT2D eigenvalue weighted by Crippen LogP contribution is 2.28. The molecule has 3 rings (SSSR count). The van der Waals surface area contributed by atoms with Crippen LogP contribution in [0.2, 0.25) is 0 Å². The summed E-state index contributed by atoms with van der Waals surface area (Å²) < 4.78 is 6.18. The number of benzene rings is 1. The Morgan fingerprint density at radius 3 is 2.66 bits per heavy atom. The number of nitrogens with zero attached hydrogens (tertiary/aromatic N) is 3. The van der Waals surface area contributed by atoms with E-state index >= 15 is 0 Å². The van der Waals surface area contributed by atoms with E-state index in [1.165, 1.54) is 6.92 Å². The van der Waals surface area contributed by atoms with Crippen LogP contribution in [0.4, 0.5) is 0 Å². The first-order valence-electron chi connectivity index (χ1n) is 10.8. The van der Waals surface area contributed by atoms with Crippen molar-refractivity contribution in [3.05, 3.63) is 59.3 Å². The van der Waals surface area contributed by atoms with Crippen LogP contribution < -0.4 is 4.74 Å². The summed E-state index contributed by atoms with van der Waals surface area (Å²) in [4.78, 5) is 32.9. The van der Waals surface area contributed by atoms with Gasteiger partial charge in [0.05, 0.1) is 19.2 Å². The number of hydrogen-bond donors (Lipinski definition) is 1. The molecule has 1 N–H and O–H groups in total. The number of aliphatic hydroxyl groups is 1. The summed E-state index contributed by atoms with van der Waals surface area (Å²) in [7, 11) is 1.72. The smallest absolute Gasteiger partial charge is 0.259 e. The van der Waals surface area contributed by atoms with Crippen molar-refractivity contribution < 1.29 is 19.4 Å². The van der Waals surface area contributed by atoms with E-state index in [0.29, 0.717) is 18.7 Å². The average molecular weight is 438 g/mol. The van der Waals surface area contributed by atoms with Crippen molar-refractivity contribution in [2.75, 3.05) is 26.7 Å². The SMILES string of the molecule is CC(=O)N(C)C[C@@H]1Oc2ncc(/C=C/c3ccccc3)cc2C(=O)N([C@H](C)CO)C[C@H]1C. The van der Waals surface area contributed by atoms with Crippen LogP contribution in [0.5, 0.6) is 5.88 Å². The molecular weight excluding hydrogens is 406 g/mol. The van der Waals surface area contributed by atoms with Crippen molar-refractivity contribution in [3.8, 4) is 5.88 Å². The van der Waals surface area contributed by atoms with Gasteiger partial charge in [0.2, 0.25) is 11.8 Å². The van der Waals surface area contributed by atoms with Gasteiger partial charge in [-0.3, -0.25) is 9.59 Å². The standard InChI is InChI=1S/C25H31N3O4/c1-17-14-28(18(2)16-29)25(31)22-12-21(11-10-20-8-6-5-7-9-20)13-26-24(22)32-23(17)15-27(4)19(3)30/h5-13,17-18,23,29H,14-16H2,1-4H3/b11-10+/t17-,18-,23+/m1/s1. The van der Waals surface area contributed by atoms with Gasteiger partial charge >= 0.3 is 0 Å². The van der Waals surface area contributed by atoms with E-state index in [1.807, 2.05) is 56.3 Å².